The molecule has 1 saturated heterocycles. The zero-order valence-corrected chi connectivity index (χ0v) is 13.0. The second kappa shape index (κ2) is 5.48. The van der Waals surface area contributed by atoms with E-state index in [0.29, 0.717) is 12.0 Å². The molecule has 1 aromatic rings. The summed E-state index contributed by atoms with van der Waals surface area (Å²) in [5, 5.41) is 0. The fourth-order valence-corrected chi connectivity index (χ4v) is 3.71. The van der Waals surface area contributed by atoms with Crippen LogP contribution in [0.2, 0.25) is 0 Å². The zero-order valence-electron chi connectivity index (χ0n) is 12.2. The average Bonchev–Trinajstić information content (AvgIpc) is 2.72. The molecule has 7 heteroatoms. The van der Waals surface area contributed by atoms with Crippen LogP contribution in [0.25, 0.3) is 0 Å². The topological polar surface area (TPSA) is 83.5 Å². The summed E-state index contributed by atoms with van der Waals surface area (Å²) in [6, 6.07) is 4.30. The summed E-state index contributed by atoms with van der Waals surface area (Å²) in [6.45, 7) is 3.45. The van der Waals surface area contributed by atoms with E-state index in [1.54, 1.807) is 26.0 Å². The molecule has 0 bridgehead atoms. The van der Waals surface area contributed by atoms with E-state index in [1.807, 2.05) is 0 Å². The number of aryl methyl sites for hydroxylation is 2. The normalized spacial score (nSPS) is 18.9. The Morgan fingerprint density at radius 3 is 2.57 bits per heavy atom. The van der Waals surface area contributed by atoms with E-state index in [4.69, 9.17) is 0 Å². The van der Waals surface area contributed by atoms with Crippen molar-refractivity contribution in [3.63, 3.8) is 0 Å². The number of nitrogens with one attached hydrogen (secondary N) is 1. The SMILES string of the molecule is Cc1ccc(C)c(S(=O)(=O)NC(=O)[C@H]2CCC(=O)N2C)c1. The van der Waals surface area contributed by atoms with Crippen LogP contribution in [0.1, 0.15) is 24.0 Å². The molecule has 2 rings (SSSR count). The lowest BCUT2D eigenvalue weighted by molar-refractivity contribution is -0.133. The minimum absolute atomic E-state index is 0.0860. The summed E-state index contributed by atoms with van der Waals surface area (Å²) in [5.74, 6) is -0.816. The van der Waals surface area contributed by atoms with Crippen molar-refractivity contribution in [2.75, 3.05) is 7.05 Å². The van der Waals surface area contributed by atoms with Gasteiger partial charge in [-0.15, -0.1) is 0 Å². The number of likely N-dealkylation sites (N-methyl/N-ethyl adjacent to an activating group) is 1. The van der Waals surface area contributed by atoms with E-state index in [2.05, 4.69) is 4.72 Å². The van der Waals surface area contributed by atoms with E-state index < -0.39 is 22.0 Å². The van der Waals surface area contributed by atoms with E-state index in [-0.39, 0.29) is 17.2 Å². The van der Waals surface area contributed by atoms with Crippen LogP contribution in [0.15, 0.2) is 23.1 Å². The zero-order chi connectivity index (χ0) is 15.8. The molecule has 0 saturated carbocycles. The maximum absolute atomic E-state index is 12.3. The van der Waals surface area contributed by atoms with Crippen LogP contribution in [0.4, 0.5) is 0 Å². The van der Waals surface area contributed by atoms with Crippen LogP contribution in [-0.4, -0.2) is 38.2 Å². The molecule has 1 aliphatic rings. The molecule has 0 aliphatic carbocycles. The third kappa shape index (κ3) is 3.07. The highest BCUT2D eigenvalue weighted by Gasteiger charge is 2.35. The molecule has 1 heterocycles. The second-order valence-electron chi connectivity index (χ2n) is 5.30. The molecule has 0 unspecified atom stereocenters. The number of benzene rings is 1. The van der Waals surface area contributed by atoms with E-state index in [1.165, 1.54) is 18.0 Å². The summed E-state index contributed by atoms with van der Waals surface area (Å²) >= 11 is 0. The molecule has 2 amide bonds. The van der Waals surface area contributed by atoms with Crippen molar-refractivity contribution in [1.29, 1.82) is 0 Å². The number of carbonyl (C=O) groups excluding carboxylic acids is 2. The number of hydrogen-bond acceptors (Lipinski definition) is 4. The maximum Gasteiger partial charge on any atom is 0.264 e. The first kappa shape index (κ1) is 15.5. The fraction of sp³-hybridized carbons (Fsp3) is 0.429. The summed E-state index contributed by atoms with van der Waals surface area (Å²) in [6.07, 6.45) is 0.599. The Kier molecular flexibility index (Phi) is 4.04. The Hall–Kier alpha value is -1.89. The van der Waals surface area contributed by atoms with Gasteiger partial charge in [-0.25, -0.2) is 13.1 Å². The van der Waals surface area contributed by atoms with Gasteiger partial charge in [0.25, 0.3) is 15.9 Å². The lowest BCUT2D eigenvalue weighted by Crippen LogP contribution is -2.45. The van der Waals surface area contributed by atoms with Gasteiger partial charge in [-0.1, -0.05) is 12.1 Å². The highest BCUT2D eigenvalue weighted by atomic mass is 32.2. The van der Waals surface area contributed by atoms with Crippen LogP contribution >= 0.6 is 0 Å². The smallest absolute Gasteiger partial charge is 0.264 e. The largest absolute Gasteiger partial charge is 0.334 e. The second-order valence-corrected chi connectivity index (χ2v) is 6.95. The van der Waals surface area contributed by atoms with Crippen molar-refractivity contribution in [2.24, 2.45) is 0 Å². The third-order valence-corrected chi connectivity index (χ3v) is 5.15. The van der Waals surface area contributed by atoms with Crippen molar-refractivity contribution in [3.8, 4) is 0 Å². The third-order valence-electron chi connectivity index (χ3n) is 3.66. The van der Waals surface area contributed by atoms with Crippen LogP contribution in [0, 0.1) is 13.8 Å². The molecule has 6 nitrogen and oxygen atoms in total. The van der Waals surface area contributed by atoms with Gasteiger partial charge >= 0.3 is 0 Å². The fourth-order valence-electron chi connectivity index (χ4n) is 2.36. The number of sulfonamides is 1. The predicted octanol–water partition coefficient (Wildman–Crippen LogP) is 0.729. The Labute approximate surface area is 124 Å². The lowest BCUT2D eigenvalue weighted by Gasteiger charge is -2.19. The molecule has 1 aliphatic heterocycles. The minimum Gasteiger partial charge on any atom is -0.334 e. The summed E-state index contributed by atoms with van der Waals surface area (Å²) in [7, 11) is -2.42. The predicted molar refractivity (Wildman–Crippen MR) is 77.0 cm³/mol. The first-order valence-corrected chi connectivity index (χ1v) is 8.10. The molecule has 1 N–H and O–H groups in total. The minimum atomic E-state index is -3.93. The molecule has 114 valence electrons. The summed E-state index contributed by atoms with van der Waals surface area (Å²) < 4.78 is 26.7. The van der Waals surface area contributed by atoms with Gasteiger partial charge in [0, 0.05) is 13.5 Å². The standard InChI is InChI=1S/C14H18N2O4S/c1-9-4-5-10(2)12(8-9)21(19,20)15-14(18)11-6-7-13(17)16(11)3/h4-5,8,11H,6-7H2,1-3H3,(H,15,18)/t11-/m1/s1. The number of nitrogens with zero attached hydrogens (tertiary/aromatic N) is 1. The number of amides is 2. The van der Waals surface area contributed by atoms with Gasteiger partial charge < -0.3 is 4.90 Å². The van der Waals surface area contributed by atoms with Gasteiger partial charge in [0.05, 0.1) is 4.90 Å². The molecule has 0 aromatic heterocycles. The van der Waals surface area contributed by atoms with Crippen LogP contribution in [0.5, 0.6) is 0 Å². The summed E-state index contributed by atoms with van der Waals surface area (Å²) in [5.41, 5.74) is 1.36. The Bertz CT molecular complexity index is 697. The summed E-state index contributed by atoms with van der Waals surface area (Å²) in [4.78, 5) is 24.9. The van der Waals surface area contributed by atoms with Crippen LogP contribution in [-0.2, 0) is 19.6 Å². The van der Waals surface area contributed by atoms with E-state index >= 15 is 0 Å². The number of likely N-dealkylation sites (tertiary alicyclic amines) is 1. The molecule has 1 fully saturated rings. The molecular weight excluding hydrogens is 292 g/mol. The van der Waals surface area contributed by atoms with Gasteiger partial charge in [-0.2, -0.15) is 0 Å². The quantitative estimate of drug-likeness (QED) is 0.892. The van der Waals surface area contributed by atoms with Gasteiger partial charge in [-0.3, -0.25) is 9.59 Å². The van der Waals surface area contributed by atoms with Crippen molar-refractivity contribution < 1.29 is 18.0 Å². The van der Waals surface area contributed by atoms with E-state index in [0.717, 1.165) is 5.56 Å². The average molecular weight is 310 g/mol. The molecule has 0 radical (unpaired) electrons. The Morgan fingerprint density at radius 2 is 2.00 bits per heavy atom. The Morgan fingerprint density at radius 1 is 1.33 bits per heavy atom. The first-order chi connectivity index (χ1) is 9.72. The highest BCUT2D eigenvalue weighted by molar-refractivity contribution is 7.90. The van der Waals surface area contributed by atoms with Gasteiger partial charge in [0.15, 0.2) is 0 Å². The molecule has 1 aromatic carbocycles. The van der Waals surface area contributed by atoms with Crippen molar-refractivity contribution in [3.05, 3.63) is 29.3 Å². The van der Waals surface area contributed by atoms with Gasteiger partial charge in [0.2, 0.25) is 5.91 Å². The van der Waals surface area contributed by atoms with Crippen LogP contribution in [0.3, 0.4) is 0 Å². The van der Waals surface area contributed by atoms with Crippen molar-refractivity contribution in [2.45, 2.75) is 37.6 Å². The van der Waals surface area contributed by atoms with Gasteiger partial charge in [0.1, 0.15) is 6.04 Å². The van der Waals surface area contributed by atoms with Gasteiger partial charge in [-0.05, 0) is 37.5 Å². The number of rotatable bonds is 3. The van der Waals surface area contributed by atoms with E-state index in [9.17, 15) is 18.0 Å². The number of carbonyl (C=O) groups is 2. The monoisotopic (exact) mass is 310 g/mol. The molecular formula is C14H18N2O4S. The lowest BCUT2D eigenvalue weighted by atomic mass is 10.2. The molecule has 0 spiro atoms. The Balaban J connectivity index is 2.24. The van der Waals surface area contributed by atoms with Crippen molar-refractivity contribution >= 4 is 21.8 Å². The van der Waals surface area contributed by atoms with Crippen LogP contribution < -0.4 is 4.72 Å². The van der Waals surface area contributed by atoms with Crippen molar-refractivity contribution in [1.82, 2.24) is 9.62 Å². The number of hydrogen-bond donors (Lipinski definition) is 1. The molecule has 1 atom stereocenters. The molecule has 21 heavy (non-hydrogen) atoms. The first-order valence-electron chi connectivity index (χ1n) is 6.62. The highest BCUT2D eigenvalue weighted by Crippen LogP contribution is 2.19. The maximum atomic E-state index is 12.3.